The van der Waals surface area contributed by atoms with Crippen molar-refractivity contribution in [2.75, 3.05) is 20.3 Å². The Morgan fingerprint density at radius 2 is 1.47 bits per heavy atom. The predicted octanol–water partition coefficient (Wildman–Crippen LogP) is 3.32. The van der Waals surface area contributed by atoms with Gasteiger partial charge < -0.3 is 23.7 Å². The van der Waals surface area contributed by atoms with Crippen LogP contribution in [0, 0.1) is 6.92 Å². The van der Waals surface area contributed by atoms with Crippen molar-refractivity contribution in [2.24, 2.45) is 0 Å². The summed E-state index contributed by atoms with van der Waals surface area (Å²) in [5.41, 5.74) is 3.04. The lowest BCUT2D eigenvalue weighted by Gasteiger charge is -2.20. The van der Waals surface area contributed by atoms with Crippen LogP contribution in [0.15, 0.2) is 36.6 Å². The van der Waals surface area contributed by atoms with Gasteiger partial charge in [0.25, 0.3) is 0 Å². The maximum absolute atomic E-state index is 12.0. The smallest absolute Gasteiger partial charge is 0.346 e. The summed E-state index contributed by atoms with van der Waals surface area (Å²) in [4.78, 5) is 35.4. The number of rotatable bonds is 7. The van der Waals surface area contributed by atoms with Crippen molar-refractivity contribution in [1.29, 1.82) is 0 Å². The Kier molecular flexibility index (Phi) is 5.85. The van der Waals surface area contributed by atoms with Crippen LogP contribution in [0.5, 0.6) is 17.2 Å². The molecular weight excluding hydrogens is 416 g/mol. The van der Waals surface area contributed by atoms with Crippen LogP contribution in [0.2, 0.25) is 0 Å². The van der Waals surface area contributed by atoms with Crippen molar-refractivity contribution in [3.63, 3.8) is 0 Å². The van der Waals surface area contributed by atoms with Crippen molar-refractivity contribution in [3.05, 3.63) is 64.4 Å². The number of fused-ring (bicyclic) bond motifs is 2. The molecule has 2 aromatic carbocycles. The van der Waals surface area contributed by atoms with Crippen molar-refractivity contribution in [3.8, 4) is 17.2 Å². The number of methoxy groups -OCH3 is 1. The summed E-state index contributed by atoms with van der Waals surface area (Å²) in [6, 6.07) is 6.76. The first-order valence-corrected chi connectivity index (χ1v) is 10.1. The molecule has 2 heterocycles. The minimum Gasteiger partial charge on any atom is -0.493 e. The molecule has 0 aromatic heterocycles. The van der Waals surface area contributed by atoms with Crippen LogP contribution in [-0.2, 0) is 27.1 Å². The molecule has 0 N–H and O–H groups in total. The molecule has 2 aliphatic heterocycles. The zero-order chi connectivity index (χ0) is 22.8. The van der Waals surface area contributed by atoms with Gasteiger partial charge in [-0.3, -0.25) is 4.79 Å². The van der Waals surface area contributed by atoms with Crippen LogP contribution >= 0.6 is 0 Å². The van der Waals surface area contributed by atoms with E-state index in [4.69, 9.17) is 18.9 Å². The SMILES string of the molecule is C=C1Cc2cc(OCCCOc3cc4c(cc3OC)C(=O)OC(=O)C4)c(C)cc2C(=O)O1. The van der Waals surface area contributed by atoms with Gasteiger partial charge in [0.15, 0.2) is 11.5 Å². The lowest BCUT2D eigenvalue weighted by Crippen LogP contribution is -2.23. The fourth-order valence-electron chi connectivity index (χ4n) is 3.64. The zero-order valence-electron chi connectivity index (χ0n) is 17.8. The molecule has 4 rings (SSSR count). The summed E-state index contributed by atoms with van der Waals surface area (Å²) < 4.78 is 26.7. The molecule has 0 radical (unpaired) electrons. The van der Waals surface area contributed by atoms with Crippen LogP contribution in [0.4, 0.5) is 0 Å². The third-order valence-corrected chi connectivity index (χ3v) is 5.20. The number of aryl methyl sites for hydroxylation is 1. The van der Waals surface area contributed by atoms with Gasteiger partial charge in [-0.1, -0.05) is 6.58 Å². The fraction of sp³-hybridized carbons (Fsp3) is 0.292. The van der Waals surface area contributed by atoms with Crippen LogP contribution in [0.3, 0.4) is 0 Å². The molecule has 2 aliphatic rings. The quantitative estimate of drug-likeness (QED) is 0.369. The van der Waals surface area contributed by atoms with E-state index in [-0.39, 0.29) is 6.42 Å². The highest BCUT2D eigenvalue weighted by Crippen LogP contribution is 2.33. The van der Waals surface area contributed by atoms with Crippen molar-refractivity contribution < 1.29 is 38.1 Å². The maximum atomic E-state index is 12.0. The highest BCUT2D eigenvalue weighted by molar-refractivity contribution is 6.03. The van der Waals surface area contributed by atoms with Gasteiger partial charge >= 0.3 is 17.9 Å². The van der Waals surface area contributed by atoms with E-state index < -0.39 is 17.9 Å². The summed E-state index contributed by atoms with van der Waals surface area (Å²) in [6.07, 6.45) is 1.05. The molecule has 0 fully saturated rings. The van der Waals surface area contributed by atoms with Gasteiger partial charge in [0, 0.05) is 12.8 Å². The minimum atomic E-state index is -0.688. The zero-order valence-corrected chi connectivity index (χ0v) is 17.8. The number of cyclic esters (lactones) is 3. The molecule has 2 aromatic rings. The van der Waals surface area contributed by atoms with Gasteiger partial charge in [-0.2, -0.15) is 0 Å². The van der Waals surface area contributed by atoms with Crippen LogP contribution in [-0.4, -0.2) is 38.2 Å². The molecule has 0 spiro atoms. The summed E-state index contributed by atoms with van der Waals surface area (Å²) in [7, 11) is 1.47. The van der Waals surface area contributed by atoms with E-state index in [1.54, 1.807) is 12.1 Å². The lowest BCUT2D eigenvalue weighted by atomic mass is 9.98. The van der Waals surface area contributed by atoms with E-state index in [2.05, 4.69) is 11.3 Å². The molecule has 0 amide bonds. The number of carbonyl (C=O) groups excluding carboxylic acids is 3. The molecule has 8 heteroatoms. The third kappa shape index (κ3) is 4.30. The number of hydrogen-bond acceptors (Lipinski definition) is 8. The average Bonchev–Trinajstić information content (AvgIpc) is 2.73. The number of ether oxygens (including phenoxy) is 5. The molecular formula is C24H22O8. The number of benzene rings is 2. The van der Waals surface area contributed by atoms with E-state index >= 15 is 0 Å². The molecule has 0 bridgehead atoms. The van der Waals surface area contributed by atoms with Gasteiger partial charge in [0.05, 0.1) is 37.9 Å². The summed E-state index contributed by atoms with van der Waals surface area (Å²) in [5, 5.41) is 0. The normalized spacial score (nSPS) is 14.8. The van der Waals surface area contributed by atoms with Crippen molar-refractivity contribution in [1.82, 2.24) is 0 Å². The highest BCUT2D eigenvalue weighted by atomic mass is 16.6. The third-order valence-electron chi connectivity index (χ3n) is 5.20. The van der Waals surface area contributed by atoms with E-state index in [9.17, 15) is 14.4 Å². The summed E-state index contributed by atoms with van der Waals surface area (Å²) >= 11 is 0. The van der Waals surface area contributed by atoms with E-state index in [1.807, 2.05) is 13.0 Å². The maximum Gasteiger partial charge on any atom is 0.346 e. The minimum absolute atomic E-state index is 0.00209. The van der Waals surface area contributed by atoms with Crippen LogP contribution in [0.1, 0.15) is 43.8 Å². The fourth-order valence-corrected chi connectivity index (χ4v) is 3.64. The number of allylic oxidation sites excluding steroid dienone is 1. The predicted molar refractivity (Wildman–Crippen MR) is 112 cm³/mol. The molecule has 0 unspecified atom stereocenters. The first-order valence-electron chi connectivity index (χ1n) is 10.1. The van der Waals surface area contributed by atoms with Gasteiger partial charge in [-0.25, -0.2) is 9.59 Å². The highest BCUT2D eigenvalue weighted by Gasteiger charge is 2.27. The molecule has 8 nitrogen and oxygen atoms in total. The van der Waals surface area contributed by atoms with Crippen LogP contribution < -0.4 is 14.2 Å². The van der Waals surface area contributed by atoms with Gasteiger partial charge in [-0.05, 0) is 47.9 Å². The van der Waals surface area contributed by atoms with Gasteiger partial charge in [0.1, 0.15) is 11.5 Å². The second-order valence-electron chi connectivity index (χ2n) is 7.53. The van der Waals surface area contributed by atoms with Gasteiger partial charge in [-0.15, -0.1) is 0 Å². The Bertz CT molecular complexity index is 1130. The Morgan fingerprint density at radius 3 is 2.22 bits per heavy atom. The average molecular weight is 438 g/mol. The molecule has 0 atom stereocenters. The van der Waals surface area contributed by atoms with E-state index in [0.717, 1.165) is 11.1 Å². The number of esters is 3. The monoisotopic (exact) mass is 438 g/mol. The van der Waals surface area contributed by atoms with Crippen LogP contribution in [0.25, 0.3) is 0 Å². The second-order valence-corrected chi connectivity index (χ2v) is 7.53. The Labute approximate surface area is 184 Å². The van der Waals surface area contributed by atoms with E-state index in [0.29, 0.717) is 65.8 Å². The Hall–Kier alpha value is -3.81. The first-order chi connectivity index (χ1) is 15.4. The summed E-state index contributed by atoms with van der Waals surface area (Å²) in [5.74, 6) is 0.253. The second kappa shape index (κ2) is 8.74. The standard InChI is InChI=1S/C24H22O8/c1-13-7-17-15(8-14(2)31-23(17)26)9-19(13)29-5-4-6-30-21-10-16-11-22(25)32-24(27)18(16)12-20(21)28-3/h7,9-10,12H,2,4-6,8,11H2,1,3H3. The molecule has 0 aliphatic carbocycles. The largest absolute Gasteiger partial charge is 0.493 e. The van der Waals surface area contributed by atoms with Crippen molar-refractivity contribution in [2.45, 2.75) is 26.2 Å². The number of hydrogen-bond donors (Lipinski definition) is 0. The Balaban J connectivity index is 1.36. The van der Waals surface area contributed by atoms with Gasteiger partial charge in [0.2, 0.25) is 0 Å². The molecule has 32 heavy (non-hydrogen) atoms. The molecule has 166 valence electrons. The molecule has 0 saturated carbocycles. The summed E-state index contributed by atoms with van der Waals surface area (Å²) in [6.45, 7) is 6.32. The molecule has 0 saturated heterocycles. The van der Waals surface area contributed by atoms with E-state index in [1.165, 1.54) is 13.2 Å². The Morgan fingerprint density at radius 1 is 0.844 bits per heavy atom. The first kappa shape index (κ1) is 21.4. The lowest BCUT2D eigenvalue weighted by molar-refractivity contribution is -0.137. The number of carbonyl (C=O) groups is 3. The van der Waals surface area contributed by atoms with Crippen molar-refractivity contribution >= 4 is 17.9 Å². The topological polar surface area (TPSA) is 97.4 Å².